The monoisotopic (exact) mass is 240 g/mol. The summed E-state index contributed by atoms with van der Waals surface area (Å²) >= 11 is 0. The molecule has 0 saturated heterocycles. The quantitative estimate of drug-likeness (QED) is 0.637. The van der Waals surface area contributed by atoms with Gasteiger partial charge < -0.3 is 9.64 Å². The number of rotatable bonds is 6. The zero-order chi connectivity index (χ0) is 12.7. The van der Waals surface area contributed by atoms with E-state index in [2.05, 4.69) is 10.3 Å². The van der Waals surface area contributed by atoms with E-state index in [1.54, 1.807) is 20.0 Å². The molecule has 7 nitrogen and oxygen atoms in total. The van der Waals surface area contributed by atoms with Gasteiger partial charge in [0.15, 0.2) is 0 Å². The number of esters is 1. The van der Waals surface area contributed by atoms with Crippen LogP contribution < -0.4 is 0 Å². The minimum atomic E-state index is -0.402. The lowest BCUT2D eigenvalue weighted by Crippen LogP contribution is -2.38. The number of hydrogen-bond donors (Lipinski definition) is 0. The SMILES string of the molecule is CCOC(=O)CN(CC)C(=O)Cn1ccnn1. The molecule has 0 radical (unpaired) electrons. The number of aromatic nitrogens is 3. The predicted octanol–water partition coefficient (Wildman–Crippen LogP) is -0.310. The Morgan fingerprint density at radius 1 is 1.41 bits per heavy atom. The number of amides is 1. The fourth-order valence-electron chi connectivity index (χ4n) is 1.29. The molecular weight excluding hydrogens is 224 g/mol. The molecule has 0 spiro atoms. The molecule has 0 fully saturated rings. The summed E-state index contributed by atoms with van der Waals surface area (Å²) in [6.07, 6.45) is 3.09. The maximum atomic E-state index is 11.8. The van der Waals surface area contributed by atoms with E-state index >= 15 is 0 Å². The standard InChI is InChI=1S/C10H16N4O3/c1-3-13(8-10(16)17-4-2)9(15)7-14-6-5-11-12-14/h5-6H,3-4,7-8H2,1-2H3. The minimum Gasteiger partial charge on any atom is -0.465 e. The van der Waals surface area contributed by atoms with Crippen molar-refractivity contribution in [1.29, 1.82) is 0 Å². The fraction of sp³-hybridized carbons (Fsp3) is 0.600. The lowest BCUT2D eigenvalue weighted by molar-refractivity contribution is -0.149. The Bertz CT molecular complexity index is 364. The third-order valence-corrected chi connectivity index (χ3v) is 2.13. The van der Waals surface area contributed by atoms with Crippen LogP contribution in [0.2, 0.25) is 0 Å². The molecule has 7 heteroatoms. The van der Waals surface area contributed by atoms with E-state index in [-0.39, 0.29) is 19.0 Å². The summed E-state index contributed by atoms with van der Waals surface area (Å²) in [5, 5.41) is 7.29. The van der Waals surface area contributed by atoms with Crippen molar-refractivity contribution in [2.45, 2.75) is 20.4 Å². The Hall–Kier alpha value is -1.92. The van der Waals surface area contributed by atoms with Gasteiger partial charge in [-0.25, -0.2) is 4.68 Å². The molecule has 1 aromatic heterocycles. The second kappa shape index (κ2) is 6.62. The van der Waals surface area contributed by atoms with Crippen LogP contribution >= 0.6 is 0 Å². The topological polar surface area (TPSA) is 77.3 Å². The molecule has 1 aromatic rings. The molecule has 0 atom stereocenters. The van der Waals surface area contributed by atoms with E-state index in [9.17, 15) is 9.59 Å². The van der Waals surface area contributed by atoms with Gasteiger partial charge in [-0.2, -0.15) is 0 Å². The molecule has 0 aliphatic heterocycles. The first-order valence-corrected chi connectivity index (χ1v) is 5.44. The molecule has 1 rings (SSSR count). The van der Waals surface area contributed by atoms with Crippen molar-refractivity contribution in [3.8, 4) is 0 Å². The van der Waals surface area contributed by atoms with E-state index in [4.69, 9.17) is 4.74 Å². The number of carbonyl (C=O) groups is 2. The molecule has 0 N–H and O–H groups in total. The van der Waals surface area contributed by atoms with Crippen molar-refractivity contribution in [3.63, 3.8) is 0 Å². The fourth-order valence-corrected chi connectivity index (χ4v) is 1.29. The van der Waals surface area contributed by atoms with Gasteiger partial charge in [-0.15, -0.1) is 5.10 Å². The van der Waals surface area contributed by atoms with Gasteiger partial charge in [-0.3, -0.25) is 9.59 Å². The maximum absolute atomic E-state index is 11.8. The summed E-state index contributed by atoms with van der Waals surface area (Å²) in [5.41, 5.74) is 0. The Kier molecular flexibility index (Phi) is 5.12. The number of ether oxygens (including phenoxy) is 1. The molecule has 1 amide bonds. The summed E-state index contributed by atoms with van der Waals surface area (Å²) in [7, 11) is 0. The summed E-state index contributed by atoms with van der Waals surface area (Å²) in [6, 6.07) is 0. The van der Waals surface area contributed by atoms with Crippen LogP contribution in [0.5, 0.6) is 0 Å². The van der Waals surface area contributed by atoms with Gasteiger partial charge in [-0.1, -0.05) is 5.21 Å². The normalized spacial score (nSPS) is 10.0. The van der Waals surface area contributed by atoms with Crippen molar-refractivity contribution in [3.05, 3.63) is 12.4 Å². The van der Waals surface area contributed by atoms with E-state index in [0.717, 1.165) is 0 Å². The molecular formula is C10H16N4O3. The number of nitrogens with zero attached hydrogens (tertiary/aromatic N) is 4. The Balaban J connectivity index is 2.49. The first-order valence-electron chi connectivity index (χ1n) is 5.44. The predicted molar refractivity (Wildman–Crippen MR) is 58.9 cm³/mol. The summed E-state index contributed by atoms with van der Waals surface area (Å²) < 4.78 is 6.20. The van der Waals surface area contributed by atoms with Crippen LogP contribution in [0.4, 0.5) is 0 Å². The zero-order valence-corrected chi connectivity index (χ0v) is 10.00. The van der Waals surface area contributed by atoms with Crippen LogP contribution in [0, 0.1) is 0 Å². The third-order valence-electron chi connectivity index (χ3n) is 2.13. The van der Waals surface area contributed by atoms with Gasteiger partial charge in [0, 0.05) is 12.7 Å². The Morgan fingerprint density at radius 2 is 2.18 bits per heavy atom. The van der Waals surface area contributed by atoms with Crippen LogP contribution in [-0.2, 0) is 20.9 Å². The third kappa shape index (κ3) is 4.21. The average molecular weight is 240 g/mol. The summed E-state index contributed by atoms with van der Waals surface area (Å²) in [6.45, 7) is 4.34. The first kappa shape index (κ1) is 13.1. The van der Waals surface area contributed by atoms with E-state index < -0.39 is 5.97 Å². The molecule has 0 aliphatic carbocycles. The Labute approximate surface area is 99.3 Å². The van der Waals surface area contributed by atoms with Crippen LogP contribution in [0.25, 0.3) is 0 Å². The Morgan fingerprint density at radius 3 is 2.71 bits per heavy atom. The second-order valence-corrected chi connectivity index (χ2v) is 3.31. The highest BCUT2D eigenvalue weighted by molar-refractivity contribution is 5.81. The van der Waals surface area contributed by atoms with Gasteiger partial charge in [0.1, 0.15) is 13.1 Å². The lowest BCUT2D eigenvalue weighted by atomic mass is 10.4. The van der Waals surface area contributed by atoms with Crippen molar-refractivity contribution in [2.24, 2.45) is 0 Å². The molecule has 0 unspecified atom stereocenters. The number of hydrogen-bond acceptors (Lipinski definition) is 5. The minimum absolute atomic E-state index is 0.0299. The van der Waals surface area contributed by atoms with Gasteiger partial charge >= 0.3 is 5.97 Å². The van der Waals surface area contributed by atoms with Crippen molar-refractivity contribution in [2.75, 3.05) is 19.7 Å². The van der Waals surface area contributed by atoms with Gasteiger partial charge in [0.05, 0.1) is 12.8 Å². The second-order valence-electron chi connectivity index (χ2n) is 3.31. The molecule has 0 aliphatic rings. The maximum Gasteiger partial charge on any atom is 0.325 e. The molecule has 17 heavy (non-hydrogen) atoms. The van der Waals surface area contributed by atoms with Gasteiger partial charge in [0.2, 0.25) is 5.91 Å². The highest BCUT2D eigenvalue weighted by atomic mass is 16.5. The van der Waals surface area contributed by atoms with E-state index in [1.165, 1.54) is 15.8 Å². The van der Waals surface area contributed by atoms with Crippen molar-refractivity contribution >= 4 is 11.9 Å². The highest BCUT2D eigenvalue weighted by Crippen LogP contribution is 1.94. The largest absolute Gasteiger partial charge is 0.465 e. The van der Waals surface area contributed by atoms with Crippen LogP contribution in [-0.4, -0.2) is 51.5 Å². The highest BCUT2D eigenvalue weighted by Gasteiger charge is 2.16. The summed E-state index contributed by atoms with van der Waals surface area (Å²) in [5.74, 6) is -0.590. The van der Waals surface area contributed by atoms with Crippen LogP contribution in [0.15, 0.2) is 12.4 Å². The number of carbonyl (C=O) groups excluding carboxylic acids is 2. The molecule has 94 valence electrons. The molecule has 0 bridgehead atoms. The molecule has 1 heterocycles. The van der Waals surface area contributed by atoms with E-state index in [1.807, 2.05) is 0 Å². The smallest absolute Gasteiger partial charge is 0.325 e. The summed E-state index contributed by atoms with van der Waals surface area (Å²) in [4.78, 5) is 24.5. The average Bonchev–Trinajstić information content (AvgIpc) is 2.78. The molecule has 0 aromatic carbocycles. The lowest BCUT2D eigenvalue weighted by Gasteiger charge is -2.19. The van der Waals surface area contributed by atoms with Crippen molar-refractivity contribution < 1.29 is 14.3 Å². The zero-order valence-electron chi connectivity index (χ0n) is 10.00. The van der Waals surface area contributed by atoms with E-state index in [0.29, 0.717) is 13.2 Å². The van der Waals surface area contributed by atoms with Crippen LogP contribution in [0.1, 0.15) is 13.8 Å². The van der Waals surface area contributed by atoms with Crippen LogP contribution in [0.3, 0.4) is 0 Å². The van der Waals surface area contributed by atoms with Gasteiger partial charge in [0.25, 0.3) is 0 Å². The number of likely N-dealkylation sites (N-methyl/N-ethyl adjacent to an activating group) is 1. The molecule has 0 saturated carbocycles. The van der Waals surface area contributed by atoms with Gasteiger partial charge in [-0.05, 0) is 13.8 Å². The first-order chi connectivity index (χ1) is 8.17. The van der Waals surface area contributed by atoms with Crippen molar-refractivity contribution in [1.82, 2.24) is 19.9 Å².